The SMILES string of the molecule is CCCCCC1CCC(c2ccc(-c3ccc(CC)cc3)c(F)c2C)CO1. The van der Waals surface area contributed by atoms with Crippen LogP contribution >= 0.6 is 0 Å². The minimum absolute atomic E-state index is 0.0817. The fourth-order valence-corrected chi connectivity index (χ4v) is 4.19. The molecule has 0 aromatic heterocycles. The third-order valence-corrected chi connectivity index (χ3v) is 6.04. The predicted octanol–water partition coefficient (Wildman–Crippen LogP) is 7.21. The van der Waals surface area contributed by atoms with Crippen molar-refractivity contribution in [3.8, 4) is 11.1 Å². The van der Waals surface area contributed by atoms with Gasteiger partial charge in [-0.3, -0.25) is 0 Å². The van der Waals surface area contributed by atoms with Gasteiger partial charge in [0.25, 0.3) is 0 Å². The van der Waals surface area contributed by atoms with E-state index in [1.54, 1.807) is 0 Å². The van der Waals surface area contributed by atoms with Gasteiger partial charge in [0.2, 0.25) is 0 Å². The largest absolute Gasteiger partial charge is 0.378 e. The van der Waals surface area contributed by atoms with Crippen LogP contribution in [-0.4, -0.2) is 12.7 Å². The maximum Gasteiger partial charge on any atom is 0.134 e. The first-order valence-electron chi connectivity index (χ1n) is 10.6. The van der Waals surface area contributed by atoms with E-state index >= 15 is 4.39 Å². The third kappa shape index (κ3) is 4.79. The van der Waals surface area contributed by atoms with Crippen LogP contribution in [0, 0.1) is 12.7 Å². The highest BCUT2D eigenvalue weighted by atomic mass is 19.1. The summed E-state index contributed by atoms with van der Waals surface area (Å²) in [5, 5.41) is 0. The van der Waals surface area contributed by atoms with E-state index in [1.165, 1.54) is 31.2 Å². The Hall–Kier alpha value is -1.67. The Morgan fingerprint density at radius 3 is 2.41 bits per heavy atom. The Kier molecular flexibility index (Phi) is 7.07. The van der Waals surface area contributed by atoms with E-state index in [4.69, 9.17) is 4.74 Å². The van der Waals surface area contributed by atoms with E-state index in [1.807, 2.05) is 25.1 Å². The Bertz CT molecular complexity index is 727. The van der Waals surface area contributed by atoms with Crippen LogP contribution < -0.4 is 0 Å². The molecule has 2 aromatic carbocycles. The van der Waals surface area contributed by atoms with Crippen molar-refractivity contribution < 1.29 is 9.13 Å². The maximum absolute atomic E-state index is 15.1. The van der Waals surface area contributed by atoms with Crippen molar-refractivity contribution in [3.63, 3.8) is 0 Å². The lowest BCUT2D eigenvalue weighted by molar-refractivity contribution is -0.00223. The quantitative estimate of drug-likeness (QED) is 0.469. The van der Waals surface area contributed by atoms with Crippen LogP contribution in [0.4, 0.5) is 4.39 Å². The standard InChI is InChI=1S/C25H33FO/c1-4-6-7-8-22-14-13-21(17-27-22)23-15-16-24(25(26)18(23)3)20-11-9-19(5-2)10-12-20/h9-12,15-16,21-22H,4-8,13-14,17H2,1-3H3. The molecule has 0 aliphatic carbocycles. The Morgan fingerprint density at radius 2 is 1.78 bits per heavy atom. The first-order chi connectivity index (χ1) is 13.1. The normalized spacial score (nSPS) is 20.0. The zero-order chi connectivity index (χ0) is 19.2. The number of hydrogen-bond donors (Lipinski definition) is 0. The number of rotatable bonds is 7. The smallest absolute Gasteiger partial charge is 0.134 e. The van der Waals surface area contributed by atoms with Gasteiger partial charge in [-0.1, -0.05) is 69.5 Å². The van der Waals surface area contributed by atoms with Gasteiger partial charge in [-0.2, -0.15) is 0 Å². The molecular formula is C25H33FO. The van der Waals surface area contributed by atoms with Crippen LogP contribution in [0.15, 0.2) is 36.4 Å². The molecule has 2 unspecified atom stereocenters. The Balaban J connectivity index is 1.70. The molecule has 0 radical (unpaired) electrons. The van der Waals surface area contributed by atoms with Crippen molar-refractivity contribution in [1.82, 2.24) is 0 Å². The first-order valence-corrected chi connectivity index (χ1v) is 10.6. The lowest BCUT2D eigenvalue weighted by Crippen LogP contribution is -2.25. The summed E-state index contributed by atoms with van der Waals surface area (Å²) in [6.07, 6.45) is 8.55. The molecule has 3 rings (SSSR count). The highest BCUT2D eigenvalue weighted by Crippen LogP contribution is 2.35. The van der Waals surface area contributed by atoms with Crippen molar-refractivity contribution >= 4 is 0 Å². The summed E-state index contributed by atoms with van der Waals surface area (Å²) in [5.41, 5.74) is 4.84. The van der Waals surface area contributed by atoms with Gasteiger partial charge in [0.1, 0.15) is 5.82 Å². The summed E-state index contributed by atoms with van der Waals surface area (Å²) >= 11 is 0. The van der Waals surface area contributed by atoms with Gasteiger partial charge in [-0.25, -0.2) is 4.39 Å². The van der Waals surface area contributed by atoms with Crippen molar-refractivity contribution in [1.29, 1.82) is 0 Å². The second kappa shape index (κ2) is 9.50. The summed E-state index contributed by atoms with van der Waals surface area (Å²) in [4.78, 5) is 0. The molecule has 2 aromatic rings. The van der Waals surface area contributed by atoms with E-state index in [0.717, 1.165) is 42.6 Å². The Morgan fingerprint density at radius 1 is 1.00 bits per heavy atom. The summed E-state index contributed by atoms with van der Waals surface area (Å²) in [6.45, 7) is 7.01. The zero-order valence-electron chi connectivity index (χ0n) is 17.1. The second-order valence-corrected chi connectivity index (χ2v) is 7.92. The zero-order valence-corrected chi connectivity index (χ0v) is 17.1. The summed E-state index contributed by atoms with van der Waals surface area (Å²) in [6, 6.07) is 12.3. The van der Waals surface area contributed by atoms with E-state index < -0.39 is 0 Å². The maximum atomic E-state index is 15.1. The first kappa shape index (κ1) is 20.1. The molecule has 146 valence electrons. The van der Waals surface area contributed by atoms with Gasteiger partial charge in [-0.15, -0.1) is 0 Å². The molecule has 1 aliphatic rings. The molecule has 27 heavy (non-hydrogen) atoms. The lowest BCUT2D eigenvalue weighted by atomic mass is 9.86. The second-order valence-electron chi connectivity index (χ2n) is 7.92. The van der Waals surface area contributed by atoms with Crippen LogP contribution in [-0.2, 0) is 11.2 Å². The summed E-state index contributed by atoms with van der Waals surface area (Å²) in [5.74, 6) is 0.236. The van der Waals surface area contributed by atoms with Crippen LogP contribution in [0.2, 0.25) is 0 Å². The van der Waals surface area contributed by atoms with Crippen molar-refractivity contribution in [2.75, 3.05) is 6.61 Å². The van der Waals surface area contributed by atoms with Gasteiger partial charge in [-0.05, 0) is 54.9 Å². The average molecular weight is 369 g/mol. The molecule has 1 aliphatic heterocycles. The fourth-order valence-electron chi connectivity index (χ4n) is 4.19. The van der Waals surface area contributed by atoms with E-state index in [9.17, 15) is 0 Å². The van der Waals surface area contributed by atoms with Crippen molar-refractivity contribution in [2.24, 2.45) is 0 Å². The highest BCUT2D eigenvalue weighted by Gasteiger charge is 2.25. The van der Waals surface area contributed by atoms with Gasteiger partial charge < -0.3 is 4.74 Å². The Labute approximate surface area is 164 Å². The number of hydrogen-bond acceptors (Lipinski definition) is 1. The molecule has 1 nitrogen and oxygen atoms in total. The van der Waals surface area contributed by atoms with Crippen LogP contribution in [0.3, 0.4) is 0 Å². The van der Waals surface area contributed by atoms with E-state index in [0.29, 0.717) is 17.6 Å². The molecule has 0 spiro atoms. The monoisotopic (exact) mass is 368 g/mol. The van der Waals surface area contributed by atoms with Gasteiger partial charge in [0, 0.05) is 11.5 Å². The average Bonchev–Trinajstić information content (AvgIpc) is 2.71. The van der Waals surface area contributed by atoms with Crippen LogP contribution in [0.25, 0.3) is 11.1 Å². The van der Waals surface area contributed by atoms with Crippen LogP contribution in [0.5, 0.6) is 0 Å². The third-order valence-electron chi connectivity index (χ3n) is 6.04. The molecule has 0 amide bonds. The molecular weight excluding hydrogens is 335 g/mol. The lowest BCUT2D eigenvalue weighted by Gasteiger charge is -2.30. The number of unbranched alkanes of at least 4 members (excludes halogenated alkanes) is 2. The molecule has 2 atom stereocenters. The topological polar surface area (TPSA) is 9.23 Å². The van der Waals surface area contributed by atoms with Crippen LogP contribution in [0.1, 0.15) is 75.0 Å². The van der Waals surface area contributed by atoms with Gasteiger partial charge in [0.15, 0.2) is 0 Å². The highest BCUT2D eigenvalue weighted by molar-refractivity contribution is 5.66. The summed E-state index contributed by atoms with van der Waals surface area (Å²) < 4.78 is 21.2. The molecule has 1 heterocycles. The molecule has 0 saturated carbocycles. The van der Waals surface area contributed by atoms with Gasteiger partial charge in [0.05, 0.1) is 12.7 Å². The van der Waals surface area contributed by atoms with E-state index in [2.05, 4.69) is 32.0 Å². The number of benzene rings is 2. The van der Waals surface area contributed by atoms with Gasteiger partial charge >= 0.3 is 0 Å². The minimum Gasteiger partial charge on any atom is -0.378 e. The number of halogens is 1. The molecule has 1 fully saturated rings. The number of aryl methyl sites for hydroxylation is 1. The van der Waals surface area contributed by atoms with Crippen molar-refractivity contribution in [2.45, 2.75) is 77.7 Å². The predicted molar refractivity (Wildman–Crippen MR) is 112 cm³/mol. The number of ether oxygens (including phenoxy) is 1. The molecule has 1 saturated heterocycles. The van der Waals surface area contributed by atoms with Crippen molar-refractivity contribution in [3.05, 3.63) is 58.9 Å². The summed E-state index contributed by atoms with van der Waals surface area (Å²) in [7, 11) is 0. The van der Waals surface area contributed by atoms with E-state index in [-0.39, 0.29) is 5.82 Å². The molecule has 0 N–H and O–H groups in total. The molecule has 0 bridgehead atoms. The molecule has 2 heteroatoms. The fraction of sp³-hybridized carbons (Fsp3) is 0.520. The minimum atomic E-state index is -0.0817.